The molecule has 2 aliphatic carbocycles. The molecule has 0 aliphatic heterocycles. The van der Waals surface area contributed by atoms with Gasteiger partial charge in [0.1, 0.15) is 0 Å². The molecular formula is C25H40ClO6SiZr-. The molecule has 0 aromatic heterocycles. The van der Waals surface area contributed by atoms with Gasteiger partial charge < -0.3 is 9.53 Å². The van der Waals surface area contributed by atoms with Crippen LogP contribution in [0.4, 0.5) is 0 Å². The second-order valence-corrected chi connectivity index (χ2v) is 14.3. The van der Waals surface area contributed by atoms with Gasteiger partial charge in [0.05, 0.1) is 6.10 Å². The molecule has 10 radical (unpaired) electrons. The van der Waals surface area contributed by atoms with Crippen molar-refractivity contribution < 1.29 is 64.6 Å². The Hall–Kier alpha value is 0.630. The average Bonchev–Trinajstić information content (AvgIpc) is 3.43. The summed E-state index contributed by atoms with van der Waals surface area (Å²) in [6.07, 6.45) is 26.0. The molecule has 2 saturated carbocycles. The van der Waals surface area contributed by atoms with Crippen LogP contribution in [0.25, 0.3) is 0 Å². The van der Waals surface area contributed by atoms with Crippen LogP contribution in [0.2, 0.25) is 18.1 Å². The maximum atomic E-state index is 9.72. The summed E-state index contributed by atoms with van der Waals surface area (Å²) in [5.41, 5.74) is 0. The third-order valence-electron chi connectivity index (χ3n) is 4.91. The summed E-state index contributed by atoms with van der Waals surface area (Å²) >= 11 is 0. The van der Waals surface area contributed by atoms with Gasteiger partial charge in [0, 0.05) is 38.7 Å². The Balaban J connectivity index is -0.000000479. The summed E-state index contributed by atoms with van der Waals surface area (Å²) in [5, 5.41) is 9.97. The van der Waals surface area contributed by atoms with Gasteiger partial charge in [-0.2, -0.15) is 0 Å². The summed E-state index contributed by atoms with van der Waals surface area (Å²) in [7, 11) is -6.57. The maximum absolute atomic E-state index is 9.72. The Bertz CT molecular complexity index is 467. The van der Waals surface area contributed by atoms with Crippen molar-refractivity contribution in [2.45, 2.75) is 58.4 Å². The van der Waals surface area contributed by atoms with E-state index in [0.717, 1.165) is 13.0 Å². The smallest absolute Gasteiger partial charge is 0.191 e. The summed E-state index contributed by atoms with van der Waals surface area (Å²) in [6.45, 7) is 17.6. The van der Waals surface area contributed by atoms with E-state index in [9.17, 15) is 5.11 Å². The Labute approximate surface area is 231 Å². The van der Waals surface area contributed by atoms with Crippen molar-refractivity contribution in [3.8, 4) is 0 Å². The minimum absolute atomic E-state index is 0. The minimum Gasteiger partial charge on any atom is -0.417 e. The number of hydrogen-bond acceptors (Lipinski definition) is 6. The van der Waals surface area contributed by atoms with E-state index < -0.39 is 24.7 Å². The van der Waals surface area contributed by atoms with Crippen molar-refractivity contribution in [1.29, 1.82) is 0 Å². The van der Waals surface area contributed by atoms with Crippen molar-refractivity contribution in [1.82, 2.24) is 0 Å². The van der Waals surface area contributed by atoms with Crippen LogP contribution < -0.4 is 18.6 Å². The maximum Gasteiger partial charge on any atom is 0.191 e. The third-order valence-corrected chi connectivity index (χ3v) is 9.45. The average molecular weight is 591 g/mol. The number of rotatable bonds is 7. The molecule has 0 heterocycles. The van der Waals surface area contributed by atoms with Crippen LogP contribution >= 0.6 is 0 Å². The molecule has 2 aliphatic rings. The van der Waals surface area contributed by atoms with Gasteiger partial charge in [-0.15, -0.1) is 16.8 Å². The summed E-state index contributed by atoms with van der Waals surface area (Å²) in [4.78, 5) is 0. The van der Waals surface area contributed by atoms with Crippen LogP contribution in [0, 0.1) is 80.4 Å². The monoisotopic (exact) mass is 589 g/mol. The standard InChI is InChI=1S/C15H30O2Si.2C5H5.ClHO4.Zr/c1-8-13(2)14(16)11-9-10-12-17-18(6,7)15(3,4)5;2*1-2-4-5-3-1;2-1(3,4)5;/h8-9,11,13-14,16H,1,10,12H2,2-7H3;2*1-5H;(H,2,3,4,5);/p-1/b11-9+;;;;. The number of halogens is 1. The van der Waals surface area contributed by atoms with Crippen LogP contribution in [0.1, 0.15) is 34.1 Å². The third kappa shape index (κ3) is 27.2. The van der Waals surface area contributed by atoms with Gasteiger partial charge in [-0.05, 0) is 88.8 Å². The Morgan fingerprint density at radius 1 is 0.912 bits per heavy atom. The van der Waals surface area contributed by atoms with Crippen LogP contribution in [-0.4, -0.2) is 26.1 Å². The fourth-order valence-corrected chi connectivity index (χ4v) is 2.85. The number of hydrogen-bond donors (Lipinski definition) is 1. The molecule has 2 rings (SSSR count). The van der Waals surface area contributed by atoms with Crippen molar-refractivity contribution in [3.05, 3.63) is 89.0 Å². The second kappa shape index (κ2) is 21.7. The number of aliphatic hydroxyl groups excluding tert-OH is 1. The van der Waals surface area contributed by atoms with Gasteiger partial charge in [-0.25, -0.2) is 18.6 Å². The molecule has 0 spiro atoms. The fourth-order valence-electron chi connectivity index (χ4n) is 1.79. The zero-order valence-corrected chi connectivity index (χ0v) is 25.4. The predicted molar refractivity (Wildman–Crippen MR) is 125 cm³/mol. The molecule has 1 N–H and O–H groups in total. The minimum atomic E-state index is -4.94. The van der Waals surface area contributed by atoms with Gasteiger partial charge in [0.15, 0.2) is 8.32 Å². The molecule has 0 bridgehead atoms. The fraction of sp³-hybridized carbons (Fsp3) is 0.440. The first kappa shape index (κ1) is 39.1. The molecule has 9 heteroatoms. The van der Waals surface area contributed by atoms with Gasteiger partial charge in [-0.3, -0.25) is 0 Å². The van der Waals surface area contributed by atoms with Crippen molar-refractivity contribution in [2.24, 2.45) is 5.92 Å². The Morgan fingerprint density at radius 2 is 1.24 bits per heavy atom. The summed E-state index contributed by atoms with van der Waals surface area (Å²) in [5.74, 6) is 0.0996. The Morgan fingerprint density at radius 3 is 1.50 bits per heavy atom. The second-order valence-electron chi connectivity index (χ2n) is 8.71. The van der Waals surface area contributed by atoms with Crippen LogP contribution in [0.15, 0.2) is 24.8 Å². The first-order chi connectivity index (χ1) is 15.1. The molecule has 2 fully saturated rings. The summed E-state index contributed by atoms with van der Waals surface area (Å²) < 4.78 is 40.0. The largest absolute Gasteiger partial charge is 0.417 e. The van der Waals surface area contributed by atoms with Gasteiger partial charge in [0.2, 0.25) is 0 Å². The van der Waals surface area contributed by atoms with Gasteiger partial charge in [0.25, 0.3) is 0 Å². The quantitative estimate of drug-likeness (QED) is 0.272. The first-order valence-electron chi connectivity index (χ1n) is 10.7. The van der Waals surface area contributed by atoms with E-state index in [4.69, 9.17) is 23.1 Å². The van der Waals surface area contributed by atoms with E-state index in [1.165, 1.54) is 0 Å². The van der Waals surface area contributed by atoms with E-state index in [0.29, 0.717) is 0 Å². The van der Waals surface area contributed by atoms with E-state index >= 15 is 0 Å². The van der Waals surface area contributed by atoms with Gasteiger partial charge in [-0.1, -0.05) is 45.9 Å². The van der Waals surface area contributed by atoms with Crippen LogP contribution in [-0.2, 0) is 30.6 Å². The van der Waals surface area contributed by atoms with E-state index in [1.807, 2.05) is 83.3 Å². The van der Waals surface area contributed by atoms with Crippen molar-refractivity contribution in [2.75, 3.05) is 6.61 Å². The zero-order chi connectivity index (χ0) is 26.0. The molecule has 34 heavy (non-hydrogen) atoms. The molecular weight excluding hydrogens is 551 g/mol. The SMILES string of the molecule is C=CC(C)C(O)/C=C/CCO[Si](C)(C)C(C)(C)C.[CH]1[CH][CH][CH][CH]1.[CH]1[CH][CH][CH][CH]1.[O-][Cl+3]([O-])([O-])[O-].[Zr]. The zero-order valence-electron chi connectivity index (χ0n) is 21.1. The van der Waals surface area contributed by atoms with E-state index in [2.05, 4.69) is 40.4 Å². The normalized spacial score (nSPS) is 17.7. The topological polar surface area (TPSA) is 122 Å². The molecule has 2 unspecified atom stereocenters. The summed E-state index contributed by atoms with van der Waals surface area (Å²) in [6, 6.07) is 0. The van der Waals surface area contributed by atoms with Crippen molar-refractivity contribution in [3.63, 3.8) is 0 Å². The van der Waals surface area contributed by atoms with Crippen LogP contribution in [0.3, 0.4) is 0 Å². The molecule has 0 aromatic carbocycles. The predicted octanol–water partition coefficient (Wildman–Crippen LogP) is 1.42. The molecule has 192 valence electrons. The van der Waals surface area contributed by atoms with Gasteiger partial charge >= 0.3 is 0 Å². The molecule has 0 aromatic rings. The number of aliphatic hydroxyl groups is 1. The molecule has 0 amide bonds. The van der Waals surface area contributed by atoms with E-state index in [1.54, 1.807) is 6.08 Å². The molecule has 2 atom stereocenters. The Kier molecular flexibility index (Phi) is 25.0. The van der Waals surface area contributed by atoms with Crippen LogP contribution in [0.5, 0.6) is 0 Å². The first-order valence-corrected chi connectivity index (χ1v) is 14.8. The van der Waals surface area contributed by atoms with E-state index in [-0.39, 0.29) is 37.2 Å². The molecule has 0 saturated heterocycles. The van der Waals surface area contributed by atoms with Crippen molar-refractivity contribution >= 4 is 8.32 Å². The molecule has 6 nitrogen and oxygen atoms in total.